The molecule has 0 aliphatic carbocycles. The summed E-state index contributed by atoms with van der Waals surface area (Å²) in [5.74, 6) is 1.05. The van der Waals surface area contributed by atoms with Gasteiger partial charge in [0, 0.05) is 24.4 Å². The van der Waals surface area contributed by atoms with Gasteiger partial charge in [-0.05, 0) is 25.1 Å². The van der Waals surface area contributed by atoms with Crippen molar-refractivity contribution in [2.45, 2.75) is 6.92 Å². The van der Waals surface area contributed by atoms with Gasteiger partial charge in [-0.25, -0.2) is 14.4 Å². The fourth-order valence-electron chi connectivity index (χ4n) is 1.62. The van der Waals surface area contributed by atoms with Gasteiger partial charge in [0.2, 0.25) is 0 Å². The predicted molar refractivity (Wildman–Crippen MR) is 68.3 cm³/mol. The maximum atomic E-state index is 13.3. The van der Waals surface area contributed by atoms with Crippen LogP contribution in [0.15, 0.2) is 24.3 Å². The normalized spacial score (nSPS) is 10.2. The number of hydrogen-bond donors (Lipinski definition) is 1. The Morgan fingerprint density at radius 2 is 2.00 bits per heavy atom. The van der Waals surface area contributed by atoms with E-state index < -0.39 is 5.82 Å². The smallest absolute Gasteiger partial charge is 0.165 e. The van der Waals surface area contributed by atoms with Crippen LogP contribution in [0.25, 0.3) is 11.4 Å². The largest absolute Gasteiger partial charge is 0.494 e. The van der Waals surface area contributed by atoms with Gasteiger partial charge < -0.3 is 10.1 Å². The monoisotopic (exact) mass is 247 g/mol. The molecule has 5 heteroatoms. The number of nitrogens with one attached hydrogen (secondary N) is 1. The van der Waals surface area contributed by atoms with E-state index in [0.717, 1.165) is 11.5 Å². The van der Waals surface area contributed by atoms with Crippen molar-refractivity contribution in [3.8, 4) is 17.1 Å². The second-order valence-corrected chi connectivity index (χ2v) is 3.82. The highest BCUT2D eigenvalue weighted by atomic mass is 19.1. The van der Waals surface area contributed by atoms with Crippen LogP contribution >= 0.6 is 0 Å². The molecule has 2 rings (SSSR count). The summed E-state index contributed by atoms with van der Waals surface area (Å²) >= 11 is 0. The van der Waals surface area contributed by atoms with Gasteiger partial charge >= 0.3 is 0 Å². The minimum Gasteiger partial charge on any atom is -0.494 e. The molecular formula is C13H14FN3O. The van der Waals surface area contributed by atoms with Crippen LogP contribution in [-0.2, 0) is 0 Å². The topological polar surface area (TPSA) is 47.0 Å². The molecule has 0 spiro atoms. The molecule has 1 aromatic carbocycles. The summed E-state index contributed by atoms with van der Waals surface area (Å²) < 4.78 is 18.3. The van der Waals surface area contributed by atoms with Crippen molar-refractivity contribution in [3.05, 3.63) is 35.8 Å². The Morgan fingerprint density at radius 1 is 1.22 bits per heavy atom. The molecule has 0 bridgehead atoms. The lowest BCUT2D eigenvalue weighted by Crippen LogP contribution is -1.99. The minimum atomic E-state index is -0.400. The van der Waals surface area contributed by atoms with Gasteiger partial charge in [-0.15, -0.1) is 0 Å². The Hall–Kier alpha value is -2.17. The maximum absolute atomic E-state index is 13.3. The summed E-state index contributed by atoms with van der Waals surface area (Å²) in [5.41, 5.74) is 1.56. The molecule has 0 saturated heterocycles. The van der Waals surface area contributed by atoms with Gasteiger partial charge in [-0.2, -0.15) is 0 Å². The van der Waals surface area contributed by atoms with Crippen molar-refractivity contribution in [2.24, 2.45) is 0 Å². The molecule has 2 aromatic rings. The van der Waals surface area contributed by atoms with Crippen molar-refractivity contribution in [2.75, 3.05) is 19.5 Å². The molecule has 0 radical (unpaired) electrons. The summed E-state index contributed by atoms with van der Waals surface area (Å²) in [5, 5.41) is 2.96. The van der Waals surface area contributed by atoms with Crippen molar-refractivity contribution in [1.29, 1.82) is 0 Å². The Balaban J connectivity index is 2.51. The molecule has 0 aliphatic rings. The Morgan fingerprint density at radius 3 is 2.67 bits per heavy atom. The van der Waals surface area contributed by atoms with Crippen LogP contribution in [0.3, 0.4) is 0 Å². The first-order chi connectivity index (χ1) is 8.63. The van der Waals surface area contributed by atoms with Gasteiger partial charge in [0.25, 0.3) is 0 Å². The van der Waals surface area contributed by atoms with Gasteiger partial charge in [-0.1, -0.05) is 0 Å². The molecular weight excluding hydrogens is 233 g/mol. The van der Waals surface area contributed by atoms with Crippen LogP contribution in [-0.4, -0.2) is 24.1 Å². The molecule has 0 fully saturated rings. The second kappa shape index (κ2) is 5.00. The zero-order valence-corrected chi connectivity index (χ0v) is 10.5. The fourth-order valence-corrected chi connectivity index (χ4v) is 1.62. The molecule has 0 saturated carbocycles. The molecule has 1 heterocycles. The van der Waals surface area contributed by atoms with E-state index in [4.69, 9.17) is 4.74 Å². The number of aryl methyl sites for hydroxylation is 1. The van der Waals surface area contributed by atoms with Crippen molar-refractivity contribution in [1.82, 2.24) is 9.97 Å². The van der Waals surface area contributed by atoms with Crippen LogP contribution in [0.4, 0.5) is 10.2 Å². The Kier molecular flexibility index (Phi) is 3.41. The standard InChI is InChI=1S/C13H14FN3O/c1-8-6-12(15-2)17-13(16-8)9-4-5-10(14)11(7-9)18-3/h4-7H,1-3H3,(H,15,16,17). The molecule has 4 nitrogen and oxygen atoms in total. The molecule has 0 aliphatic heterocycles. The third-order valence-corrected chi connectivity index (χ3v) is 2.52. The van der Waals surface area contributed by atoms with Crippen LogP contribution < -0.4 is 10.1 Å². The van der Waals surface area contributed by atoms with Crippen molar-refractivity contribution in [3.63, 3.8) is 0 Å². The zero-order valence-electron chi connectivity index (χ0n) is 10.5. The lowest BCUT2D eigenvalue weighted by molar-refractivity contribution is 0.387. The quantitative estimate of drug-likeness (QED) is 0.905. The van der Waals surface area contributed by atoms with Crippen LogP contribution in [0, 0.1) is 12.7 Å². The lowest BCUT2D eigenvalue weighted by atomic mass is 10.2. The maximum Gasteiger partial charge on any atom is 0.165 e. The number of rotatable bonds is 3. The number of anilines is 1. The van der Waals surface area contributed by atoms with E-state index in [2.05, 4.69) is 15.3 Å². The molecule has 1 aromatic heterocycles. The second-order valence-electron chi connectivity index (χ2n) is 3.82. The van der Waals surface area contributed by atoms with E-state index >= 15 is 0 Å². The van der Waals surface area contributed by atoms with E-state index in [0.29, 0.717) is 11.4 Å². The van der Waals surface area contributed by atoms with Gasteiger partial charge in [0.1, 0.15) is 5.82 Å². The number of aromatic nitrogens is 2. The number of nitrogens with zero attached hydrogens (tertiary/aromatic N) is 2. The summed E-state index contributed by atoms with van der Waals surface area (Å²) in [7, 11) is 3.22. The number of halogens is 1. The first-order valence-electron chi connectivity index (χ1n) is 5.51. The SMILES string of the molecule is CNc1cc(C)nc(-c2ccc(F)c(OC)c2)n1. The molecule has 0 unspecified atom stereocenters. The van der Waals surface area contributed by atoms with E-state index in [-0.39, 0.29) is 5.75 Å². The zero-order chi connectivity index (χ0) is 13.1. The number of benzene rings is 1. The van der Waals surface area contributed by atoms with Crippen molar-refractivity contribution >= 4 is 5.82 Å². The van der Waals surface area contributed by atoms with Crippen LogP contribution in [0.5, 0.6) is 5.75 Å². The van der Waals surface area contributed by atoms with Gasteiger partial charge in [-0.3, -0.25) is 0 Å². The van der Waals surface area contributed by atoms with E-state index in [1.165, 1.54) is 13.2 Å². The first-order valence-corrected chi connectivity index (χ1v) is 5.51. The summed E-state index contributed by atoms with van der Waals surface area (Å²) in [6.45, 7) is 1.88. The Bertz CT molecular complexity index is 572. The molecule has 18 heavy (non-hydrogen) atoms. The van der Waals surface area contributed by atoms with Crippen LogP contribution in [0.1, 0.15) is 5.69 Å². The average molecular weight is 247 g/mol. The molecule has 94 valence electrons. The highest BCUT2D eigenvalue weighted by Crippen LogP contribution is 2.25. The number of ether oxygens (including phenoxy) is 1. The van der Waals surface area contributed by atoms with Gasteiger partial charge in [0.05, 0.1) is 7.11 Å². The number of methoxy groups -OCH3 is 1. The highest BCUT2D eigenvalue weighted by Gasteiger charge is 2.08. The first kappa shape index (κ1) is 12.3. The molecule has 0 amide bonds. The lowest BCUT2D eigenvalue weighted by Gasteiger charge is -2.07. The third-order valence-electron chi connectivity index (χ3n) is 2.52. The van der Waals surface area contributed by atoms with E-state index in [1.807, 2.05) is 13.0 Å². The highest BCUT2D eigenvalue weighted by molar-refractivity contribution is 5.59. The summed E-state index contributed by atoms with van der Waals surface area (Å²) in [6, 6.07) is 6.40. The van der Waals surface area contributed by atoms with E-state index in [1.54, 1.807) is 19.2 Å². The summed E-state index contributed by atoms with van der Waals surface area (Å²) in [4.78, 5) is 8.66. The van der Waals surface area contributed by atoms with E-state index in [9.17, 15) is 4.39 Å². The number of hydrogen-bond acceptors (Lipinski definition) is 4. The predicted octanol–water partition coefficient (Wildman–Crippen LogP) is 2.64. The fraction of sp³-hybridized carbons (Fsp3) is 0.231. The summed E-state index contributed by atoms with van der Waals surface area (Å²) in [6.07, 6.45) is 0. The Labute approximate surface area is 105 Å². The van der Waals surface area contributed by atoms with Crippen molar-refractivity contribution < 1.29 is 9.13 Å². The molecule has 0 atom stereocenters. The molecule has 1 N–H and O–H groups in total. The third kappa shape index (κ3) is 2.40. The van der Waals surface area contributed by atoms with Crippen LogP contribution in [0.2, 0.25) is 0 Å². The minimum absolute atomic E-state index is 0.184. The average Bonchev–Trinajstić information content (AvgIpc) is 2.38. The van der Waals surface area contributed by atoms with Gasteiger partial charge in [0.15, 0.2) is 17.4 Å².